The zero-order chi connectivity index (χ0) is 10.3. The zero-order valence-corrected chi connectivity index (χ0v) is 9.14. The molecule has 2 aliphatic rings. The summed E-state index contributed by atoms with van der Waals surface area (Å²) in [6.45, 7) is 1.84. The second-order valence-electron chi connectivity index (χ2n) is 3.25. The first-order valence-electron chi connectivity index (χ1n) is 4.31. The molecule has 0 aliphatic carbocycles. The quantitative estimate of drug-likeness (QED) is 0.562. The van der Waals surface area contributed by atoms with Crippen molar-refractivity contribution in [3.63, 3.8) is 0 Å². The molecule has 2 bridgehead atoms. The molecule has 6 heteroatoms. The number of nitrogens with zero attached hydrogens (tertiary/aromatic N) is 2. The van der Waals surface area contributed by atoms with E-state index in [2.05, 4.69) is 9.97 Å². The smallest absolute Gasteiger partial charge is 0.226 e. The number of fused-ring (bicyclic) bond motifs is 4. The van der Waals surface area contributed by atoms with Gasteiger partial charge in [0.05, 0.1) is 5.25 Å². The summed E-state index contributed by atoms with van der Waals surface area (Å²) < 4.78 is 23.7. The highest BCUT2D eigenvalue weighted by molar-refractivity contribution is 7.91. The normalized spacial score (nSPS) is 21.9. The monoisotopic (exact) mass is 248 g/mol. The van der Waals surface area contributed by atoms with E-state index in [0.29, 0.717) is 18.4 Å². The average Bonchev–Trinajstić information content (AvgIpc) is 2.30. The minimum absolute atomic E-state index is 0. The molecule has 0 radical (unpaired) electrons. The van der Waals surface area contributed by atoms with E-state index in [9.17, 15) is 8.42 Å². The maximum atomic E-state index is 11.8. The van der Waals surface area contributed by atoms with Gasteiger partial charge in [-0.05, 0) is 12.8 Å². The summed E-state index contributed by atoms with van der Waals surface area (Å²) >= 11 is 5.80. The topological polar surface area (TPSA) is 59.9 Å². The number of rotatable bonds is 1. The highest BCUT2D eigenvalue weighted by Gasteiger charge is 2.33. The SMILES string of the molecule is C.CCC1Cc2cnc(nc2Cl)S1(=O)=O. The molecule has 15 heavy (non-hydrogen) atoms. The molecule has 3 heterocycles. The lowest BCUT2D eigenvalue weighted by molar-refractivity contribution is 0.570. The third-order valence-electron chi connectivity index (χ3n) is 2.39. The molecular formula is C9H13ClN2O2S. The van der Waals surface area contributed by atoms with E-state index in [1.54, 1.807) is 0 Å². The summed E-state index contributed by atoms with van der Waals surface area (Å²) in [7, 11) is -3.37. The number of aromatic nitrogens is 2. The standard InChI is InChI=1S/C8H9ClN2O2S.CH4/c1-2-6-3-5-4-10-8(11-7(5)9)14(6,12)13;/h4,6H,2-3H2,1H3;1H4. The van der Waals surface area contributed by atoms with Crippen LogP contribution in [0.5, 0.6) is 0 Å². The Morgan fingerprint density at radius 1 is 1.60 bits per heavy atom. The summed E-state index contributed by atoms with van der Waals surface area (Å²) in [5.74, 6) is 0. The Labute approximate surface area is 94.6 Å². The Morgan fingerprint density at radius 3 is 2.80 bits per heavy atom. The molecule has 2 aliphatic heterocycles. The Hall–Kier alpha value is -0.680. The van der Waals surface area contributed by atoms with Crippen LogP contribution in [0.3, 0.4) is 0 Å². The summed E-state index contributed by atoms with van der Waals surface area (Å²) in [5.41, 5.74) is 0.711. The Kier molecular flexibility index (Phi) is 3.35. The van der Waals surface area contributed by atoms with Crippen LogP contribution in [0.15, 0.2) is 11.4 Å². The molecule has 84 valence electrons. The van der Waals surface area contributed by atoms with Crippen molar-refractivity contribution in [3.05, 3.63) is 16.9 Å². The van der Waals surface area contributed by atoms with E-state index in [0.717, 1.165) is 0 Å². The van der Waals surface area contributed by atoms with Gasteiger partial charge in [0.15, 0.2) is 0 Å². The van der Waals surface area contributed by atoms with Gasteiger partial charge in [0.2, 0.25) is 15.0 Å². The van der Waals surface area contributed by atoms with Gasteiger partial charge in [-0.25, -0.2) is 18.4 Å². The van der Waals surface area contributed by atoms with Gasteiger partial charge in [0.1, 0.15) is 5.15 Å². The van der Waals surface area contributed by atoms with Crippen LogP contribution in [0.4, 0.5) is 0 Å². The molecular weight excluding hydrogens is 236 g/mol. The summed E-state index contributed by atoms with van der Waals surface area (Å²) in [4.78, 5) is 7.56. The lowest BCUT2D eigenvalue weighted by atomic mass is 10.1. The first kappa shape index (κ1) is 12.4. The van der Waals surface area contributed by atoms with Crippen LogP contribution < -0.4 is 0 Å². The predicted molar refractivity (Wildman–Crippen MR) is 58.7 cm³/mol. The second-order valence-corrected chi connectivity index (χ2v) is 5.73. The van der Waals surface area contributed by atoms with Crippen LogP contribution in [0.1, 0.15) is 26.3 Å². The van der Waals surface area contributed by atoms with E-state index >= 15 is 0 Å². The third kappa shape index (κ3) is 1.86. The van der Waals surface area contributed by atoms with Gasteiger partial charge in [0, 0.05) is 11.8 Å². The Morgan fingerprint density at radius 2 is 2.27 bits per heavy atom. The molecule has 1 atom stereocenters. The van der Waals surface area contributed by atoms with E-state index in [1.165, 1.54) is 6.20 Å². The zero-order valence-electron chi connectivity index (χ0n) is 7.57. The van der Waals surface area contributed by atoms with Gasteiger partial charge in [0.25, 0.3) is 0 Å². The molecule has 1 aromatic rings. The van der Waals surface area contributed by atoms with Gasteiger partial charge >= 0.3 is 0 Å². The fourth-order valence-corrected chi connectivity index (χ4v) is 3.32. The first-order chi connectivity index (χ1) is 6.55. The second kappa shape index (κ2) is 4.06. The molecule has 4 nitrogen and oxygen atoms in total. The molecule has 3 rings (SSSR count). The first-order valence-corrected chi connectivity index (χ1v) is 6.23. The van der Waals surface area contributed by atoms with E-state index in [4.69, 9.17) is 11.6 Å². The van der Waals surface area contributed by atoms with Crippen molar-refractivity contribution in [1.29, 1.82) is 0 Å². The predicted octanol–water partition coefficient (Wildman–Crippen LogP) is 1.87. The lowest BCUT2D eigenvalue weighted by Gasteiger charge is -2.08. The largest absolute Gasteiger partial charge is 0.248 e. The van der Waals surface area contributed by atoms with Crippen LogP contribution in [-0.2, 0) is 16.3 Å². The van der Waals surface area contributed by atoms with E-state index in [1.807, 2.05) is 6.92 Å². The minimum atomic E-state index is -3.37. The van der Waals surface area contributed by atoms with Gasteiger partial charge in [-0.3, -0.25) is 0 Å². The molecule has 1 aromatic heterocycles. The minimum Gasteiger partial charge on any atom is -0.226 e. The maximum Gasteiger partial charge on any atom is 0.248 e. The number of halogens is 1. The van der Waals surface area contributed by atoms with Crippen molar-refractivity contribution in [1.82, 2.24) is 9.97 Å². The summed E-state index contributed by atoms with van der Waals surface area (Å²) in [6.07, 6.45) is 2.46. The maximum absolute atomic E-state index is 11.8. The van der Waals surface area contributed by atoms with Crippen molar-refractivity contribution in [2.75, 3.05) is 0 Å². The summed E-state index contributed by atoms with van der Waals surface area (Å²) in [6, 6.07) is 0. The fraction of sp³-hybridized carbons (Fsp3) is 0.556. The fourth-order valence-electron chi connectivity index (χ4n) is 1.51. The van der Waals surface area contributed by atoms with Gasteiger partial charge in [-0.2, -0.15) is 0 Å². The Bertz CT molecular complexity index is 473. The van der Waals surface area contributed by atoms with Crippen molar-refractivity contribution in [3.8, 4) is 0 Å². The van der Waals surface area contributed by atoms with Crippen LogP contribution in [0.2, 0.25) is 5.15 Å². The van der Waals surface area contributed by atoms with Crippen molar-refractivity contribution in [2.24, 2.45) is 0 Å². The van der Waals surface area contributed by atoms with Crippen molar-refractivity contribution in [2.45, 2.75) is 37.6 Å². The van der Waals surface area contributed by atoms with Crippen LogP contribution in [-0.4, -0.2) is 23.6 Å². The van der Waals surface area contributed by atoms with Crippen molar-refractivity contribution >= 4 is 21.4 Å². The van der Waals surface area contributed by atoms with Crippen molar-refractivity contribution < 1.29 is 8.42 Å². The van der Waals surface area contributed by atoms with Crippen LogP contribution in [0, 0.1) is 0 Å². The van der Waals surface area contributed by atoms with Gasteiger partial charge in [-0.15, -0.1) is 0 Å². The van der Waals surface area contributed by atoms with E-state index < -0.39 is 15.1 Å². The molecule has 0 saturated carbocycles. The molecule has 0 amide bonds. The molecule has 0 saturated heterocycles. The number of sulfone groups is 1. The molecule has 0 spiro atoms. The Balaban J connectivity index is 0.00000112. The van der Waals surface area contributed by atoms with Gasteiger partial charge in [-0.1, -0.05) is 26.0 Å². The molecule has 0 fully saturated rings. The number of hydrogen-bond acceptors (Lipinski definition) is 4. The highest BCUT2D eigenvalue weighted by atomic mass is 35.5. The van der Waals surface area contributed by atoms with Crippen LogP contribution >= 0.6 is 11.6 Å². The lowest BCUT2D eigenvalue weighted by Crippen LogP contribution is -2.21. The summed E-state index contributed by atoms with van der Waals surface area (Å²) in [5, 5.41) is -0.319. The average molecular weight is 249 g/mol. The van der Waals surface area contributed by atoms with Gasteiger partial charge < -0.3 is 0 Å². The molecule has 0 N–H and O–H groups in total. The third-order valence-corrected chi connectivity index (χ3v) is 4.80. The molecule has 0 aromatic carbocycles. The molecule has 1 unspecified atom stereocenters. The number of hydrogen-bond donors (Lipinski definition) is 0. The highest BCUT2D eigenvalue weighted by Crippen LogP contribution is 2.27. The van der Waals surface area contributed by atoms with Crippen LogP contribution in [0.25, 0.3) is 0 Å². The van der Waals surface area contributed by atoms with E-state index in [-0.39, 0.29) is 17.7 Å².